The van der Waals surface area contributed by atoms with E-state index in [1.165, 1.54) is 19.2 Å². The van der Waals surface area contributed by atoms with Crippen molar-refractivity contribution in [2.75, 3.05) is 7.11 Å². The summed E-state index contributed by atoms with van der Waals surface area (Å²) in [5, 5.41) is 6.86. The molecular weight excluding hydrogens is 283 g/mol. The lowest BCUT2D eigenvalue weighted by atomic mass is 9.96. The zero-order valence-electron chi connectivity index (χ0n) is 11.8. The second kappa shape index (κ2) is 5.81. The number of ether oxygens (including phenoxy) is 1. The minimum atomic E-state index is -0.696. The zero-order valence-corrected chi connectivity index (χ0v) is 11.8. The lowest BCUT2D eigenvalue weighted by molar-refractivity contribution is 0.0595. The summed E-state index contributed by atoms with van der Waals surface area (Å²) in [4.78, 5) is 11.7. The Bertz CT molecular complexity index is 813. The molecule has 0 atom stereocenters. The predicted molar refractivity (Wildman–Crippen MR) is 80.8 cm³/mol. The first-order valence-electron chi connectivity index (χ1n) is 6.67. The summed E-state index contributed by atoms with van der Waals surface area (Å²) in [5.74, 6) is -1.30. The Balaban J connectivity index is 2.15. The van der Waals surface area contributed by atoms with Crippen molar-refractivity contribution in [2.24, 2.45) is 0 Å². The molecule has 0 aliphatic heterocycles. The number of aromatic amines is 1. The molecule has 3 aromatic rings. The number of nitrogens with one attached hydrogen (secondary N) is 1. The van der Waals surface area contributed by atoms with Gasteiger partial charge < -0.3 is 4.74 Å². The van der Waals surface area contributed by atoms with Crippen LogP contribution in [0.15, 0.2) is 54.7 Å². The fourth-order valence-corrected chi connectivity index (χ4v) is 2.33. The van der Waals surface area contributed by atoms with Gasteiger partial charge in [-0.1, -0.05) is 30.3 Å². The molecule has 2 aromatic carbocycles. The monoisotopic (exact) mass is 296 g/mol. The summed E-state index contributed by atoms with van der Waals surface area (Å²) in [6.07, 6.45) is 1.66. The molecule has 0 aliphatic carbocycles. The molecule has 5 heteroatoms. The van der Waals surface area contributed by atoms with Crippen LogP contribution in [0.4, 0.5) is 4.39 Å². The maximum atomic E-state index is 13.8. The van der Waals surface area contributed by atoms with Crippen LogP contribution in [-0.4, -0.2) is 23.3 Å². The average molecular weight is 296 g/mol. The summed E-state index contributed by atoms with van der Waals surface area (Å²) in [7, 11) is 1.23. The van der Waals surface area contributed by atoms with E-state index in [2.05, 4.69) is 14.9 Å². The van der Waals surface area contributed by atoms with Gasteiger partial charge in [-0.05, 0) is 29.3 Å². The molecule has 1 aromatic heterocycles. The van der Waals surface area contributed by atoms with Crippen LogP contribution in [0, 0.1) is 5.82 Å². The number of aromatic nitrogens is 2. The quantitative estimate of drug-likeness (QED) is 0.750. The Morgan fingerprint density at radius 2 is 1.91 bits per heavy atom. The van der Waals surface area contributed by atoms with Gasteiger partial charge in [-0.25, -0.2) is 9.18 Å². The van der Waals surface area contributed by atoms with Gasteiger partial charge in [0, 0.05) is 11.8 Å². The number of esters is 1. The van der Waals surface area contributed by atoms with E-state index in [0.717, 1.165) is 22.4 Å². The number of hydrogen-bond acceptors (Lipinski definition) is 3. The molecule has 22 heavy (non-hydrogen) atoms. The number of carbonyl (C=O) groups excluding carboxylic acids is 1. The molecule has 0 aliphatic rings. The Labute approximate surface area is 126 Å². The van der Waals surface area contributed by atoms with Gasteiger partial charge in [0.1, 0.15) is 5.82 Å². The Morgan fingerprint density at radius 3 is 2.59 bits per heavy atom. The molecule has 0 bridgehead atoms. The van der Waals surface area contributed by atoms with Crippen LogP contribution in [0.5, 0.6) is 0 Å². The molecular formula is C17H13FN2O2. The van der Waals surface area contributed by atoms with E-state index in [-0.39, 0.29) is 5.56 Å². The zero-order chi connectivity index (χ0) is 15.5. The summed E-state index contributed by atoms with van der Waals surface area (Å²) in [5.41, 5.74) is 3.28. The highest BCUT2D eigenvalue weighted by Gasteiger charge is 2.15. The van der Waals surface area contributed by atoms with E-state index in [1.54, 1.807) is 12.3 Å². The first-order chi connectivity index (χ1) is 10.7. The topological polar surface area (TPSA) is 55.0 Å². The standard InChI is InChI=1S/C17H13FN2O2/c1-22-17(21)14-10-11(6-7-15(14)18)12-4-2-3-5-13(12)16-8-9-19-20-16/h2-10H,1H3,(H,19,20). The van der Waals surface area contributed by atoms with E-state index in [4.69, 9.17) is 0 Å². The predicted octanol–water partition coefficient (Wildman–Crippen LogP) is 3.67. The van der Waals surface area contributed by atoms with E-state index in [9.17, 15) is 9.18 Å². The Kier molecular flexibility index (Phi) is 3.70. The van der Waals surface area contributed by atoms with Crippen molar-refractivity contribution in [3.8, 4) is 22.4 Å². The van der Waals surface area contributed by atoms with Crippen LogP contribution in [0.25, 0.3) is 22.4 Å². The van der Waals surface area contributed by atoms with E-state index < -0.39 is 11.8 Å². The number of halogens is 1. The molecule has 0 amide bonds. The smallest absolute Gasteiger partial charge is 0.340 e. The van der Waals surface area contributed by atoms with Gasteiger partial charge in [-0.2, -0.15) is 5.10 Å². The summed E-state index contributed by atoms with van der Waals surface area (Å²) in [6.45, 7) is 0. The number of H-pyrrole nitrogens is 1. The molecule has 0 radical (unpaired) electrons. The van der Waals surface area contributed by atoms with Crippen molar-refractivity contribution in [2.45, 2.75) is 0 Å². The highest BCUT2D eigenvalue weighted by atomic mass is 19.1. The first kappa shape index (κ1) is 14.0. The van der Waals surface area contributed by atoms with Gasteiger partial charge in [0.05, 0.1) is 18.4 Å². The molecule has 1 heterocycles. The molecule has 0 fully saturated rings. The van der Waals surface area contributed by atoms with Crippen molar-refractivity contribution in [3.05, 3.63) is 66.1 Å². The second-order valence-corrected chi connectivity index (χ2v) is 4.70. The van der Waals surface area contributed by atoms with E-state index in [1.807, 2.05) is 30.3 Å². The van der Waals surface area contributed by atoms with Crippen LogP contribution in [-0.2, 0) is 4.74 Å². The molecule has 0 unspecified atom stereocenters. The van der Waals surface area contributed by atoms with Crippen LogP contribution in [0.2, 0.25) is 0 Å². The van der Waals surface area contributed by atoms with Gasteiger partial charge >= 0.3 is 5.97 Å². The maximum Gasteiger partial charge on any atom is 0.340 e. The molecule has 4 nitrogen and oxygen atoms in total. The van der Waals surface area contributed by atoms with Crippen molar-refractivity contribution in [1.29, 1.82) is 0 Å². The summed E-state index contributed by atoms with van der Waals surface area (Å²) >= 11 is 0. The fraction of sp³-hybridized carbons (Fsp3) is 0.0588. The largest absolute Gasteiger partial charge is 0.465 e. The van der Waals surface area contributed by atoms with Crippen LogP contribution in [0.3, 0.4) is 0 Å². The average Bonchev–Trinajstić information content (AvgIpc) is 3.09. The van der Waals surface area contributed by atoms with E-state index >= 15 is 0 Å². The van der Waals surface area contributed by atoms with Crippen molar-refractivity contribution in [3.63, 3.8) is 0 Å². The number of rotatable bonds is 3. The van der Waals surface area contributed by atoms with Crippen molar-refractivity contribution < 1.29 is 13.9 Å². The molecule has 1 N–H and O–H groups in total. The third-order valence-corrected chi connectivity index (χ3v) is 3.40. The van der Waals surface area contributed by atoms with Gasteiger partial charge in [-0.3, -0.25) is 5.10 Å². The SMILES string of the molecule is COC(=O)c1cc(-c2ccccc2-c2ccn[nH]2)ccc1F. The van der Waals surface area contributed by atoms with Crippen molar-refractivity contribution >= 4 is 5.97 Å². The Morgan fingerprint density at radius 1 is 1.14 bits per heavy atom. The summed E-state index contributed by atoms with van der Waals surface area (Å²) in [6, 6.07) is 13.9. The fourth-order valence-electron chi connectivity index (χ4n) is 2.33. The first-order valence-corrected chi connectivity index (χ1v) is 6.67. The van der Waals surface area contributed by atoms with Gasteiger partial charge in [0.25, 0.3) is 0 Å². The number of methoxy groups -OCH3 is 1. The molecule has 0 saturated carbocycles. The second-order valence-electron chi connectivity index (χ2n) is 4.70. The van der Waals surface area contributed by atoms with Crippen molar-refractivity contribution in [1.82, 2.24) is 10.2 Å². The molecule has 0 saturated heterocycles. The van der Waals surface area contributed by atoms with E-state index in [0.29, 0.717) is 0 Å². The highest BCUT2D eigenvalue weighted by molar-refractivity contribution is 5.92. The van der Waals surface area contributed by atoms with Crippen LogP contribution >= 0.6 is 0 Å². The number of benzene rings is 2. The van der Waals surface area contributed by atoms with Crippen LogP contribution < -0.4 is 0 Å². The molecule has 0 spiro atoms. The molecule has 110 valence electrons. The van der Waals surface area contributed by atoms with Gasteiger partial charge in [0.2, 0.25) is 0 Å². The van der Waals surface area contributed by atoms with Gasteiger partial charge in [0.15, 0.2) is 0 Å². The number of nitrogens with zero attached hydrogens (tertiary/aromatic N) is 1. The minimum Gasteiger partial charge on any atom is -0.465 e. The third kappa shape index (κ3) is 2.48. The Hall–Kier alpha value is -2.95. The van der Waals surface area contributed by atoms with Gasteiger partial charge in [-0.15, -0.1) is 0 Å². The maximum absolute atomic E-state index is 13.8. The van der Waals surface area contributed by atoms with Crippen LogP contribution in [0.1, 0.15) is 10.4 Å². The lowest BCUT2D eigenvalue weighted by Crippen LogP contribution is -2.04. The highest BCUT2D eigenvalue weighted by Crippen LogP contribution is 2.31. The third-order valence-electron chi connectivity index (χ3n) is 3.40. The lowest BCUT2D eigenvalue weighted by Gasteiger charge is -2.10. The number of hydrogen-bond donors (Lipinski definition) is 1. The normalized spacial score (nSPS) is 10.5. The molecule has 3 rings (SSSR count). The summed E-state index contributed by atoms with van der Waals surface area (Å²) < 4.78 is 18.4. The number of carbonyl (C=O) groups is 1. The minimum absolute atomic E-state index is 0.0839.